The second-order valence-electron chi connectivity index (χ2n) is 5.64. The molecular weight excluding hydrogens is 304 g/mol. The minimum atomic E-state index is -3.62. The Morgan fingerprint density at radius 3 is 2.45 bits per heavy atom. The topological polar surface area (TPSA) is 87.0 Å². The van der Waals surface area contributed by atoms with Crippen molar-refractivity contribution >= 4 is 21.8 Å². The van der Waals surface area contributed by atoms with Crippen LogP contribution in [0.2, 0.25) is 0 Å². The van der Waals surface area contributed by atoms with Crippen LogP contribution in [0.25, 0.3) is 0 Å². The molecule has 1 aromatic rings. The summed E-state index contributed by atoms with van der Waals surface area (Å²) in [5.41, 5.74) is 2.20. The van der Waals surface area contributed by atoms with Gasteiger partial charge >= 0.3 is 0 Å². The highest BCUT2D eigenvalue weighted by Crippen LogP contribution is 2.27. The molecule has 3 rings (SSSR count). The summed E-state index contributed by atoms with van der Waals surface area (Å²) in [5.74, 6) is 0.0639. The van der Waals surface area contributed by atoms with Crippen LogP contribution >= 0.6 is 0 Å². The summed E-state index contributed by atoms with van der Waals surface area (Å²) >= 11 is 0. The van der Waals surface area contributed by atoms with E-state index in [9.17, 15) is 13.2 Å². The van der Waals surface area contributed by atoms with Crippen LogP contribution in [-0.4, -0.2) is 62.8 Å². The van der Waals surface area contributed by atoms with Crippen molar-refractivity contribution in [2.24, 2.45) is 5.14 Å². The van der Waals surface area contributed by atoms with Gasteiger partial charge in [0.05, 0.1) is 6.54 Å². The fourth-order valence-electron chi connectivity index (χ4n) is 3.02. The van der Waals surface area contributed by atoms with Gasteiger partial charge in [0.25, 0.3) is 10.2 Å². The molecule has 0 aliphatic carbocycles. The zero-order chi connectivity index (χ0) is 15.7. The average molecular weight is 324 g/mol. The number of anilines is 1. The molecule has 2 aliphatic heterocycles. The van der Waals surface area contributed by atoms with Crippen LogP contribution in [-0.2, 0) is 21.4 Å². The Kier molecular flexibility index (Phi) is 4.18. The third-order valence-electron chi connectivity index (χ3n) is 4.24. The molecule has 120 valence electrons. The monoisotopic (exact) mass is 324 g/mol. The summed E-state index contributed by atoms with van der Waals surface area (Å²) in [6.45, 7) is 2.75. The van der Waals surface area contributed by atoms with Gasteiger partial charge in [-0.25, -0.2) is 5.14 Å². The van der Waals surface area contributed by atoms with Crippen molar-refractivity contribution in [3.63, 3.8) is 0 Å². The molecule has 1 fully saturated rings. The Morgan fingerprint density at radius 1 is 1.09 bits per heavy atom. The first-order valence-corrected chi connectivity index (χ1v) is 8.84. The van der Waals surface area contributed by atoms with Crippen LogP contribution in [0.1, 0.15) is 5.56 Å². The summed E-state index contributed by atoms with van der Waals surface area (Å²) in [6.07, 6.45) is 0.890. The highest BCUT2D eigenvalue weighted by molar-refractivity contribution is 7.86. The molecule has 2 N–H and O–H groups in total. The van der Waals surface area contributed by atoms with Crippen LogP contribution in [0.5, 0.6) is 0 Å². The van der Waals surface area contributed by atoms with E-state index in [2.05, 4.69) is 0 Å². The molecule has 1 saturated heterocycles. The van der Waals surface area contributed by atoms with Crippen LogP contribution < -0.4 is 10.0 Å². The van der Waals surface area contributed by atoms with Gasteiger partial charge in [0, 0.05) is 38.4 Å². The minimum absolute atomic E-state index is 0.0639. The van der Waals surface area contributed by atoms with Gasteiger partial charge in [0.15, 0.2) is 0 Å². The molecule has 0 atom stereocenters. The number of piperazine rings is 1. The van der Waals surface area contributed by atoms with E-state index in [4.69, 9.17) is 5.14 Å². The number of carbonyl (C=O) groups excluding carboxylic acids is 1. The van der Waals surface area contributed by atoms with Crippen LogP contribution in [0.15, 0.2) is 24.3 Å². The first kappa shape index (κ1) is 15.4. The first-order chi connectivity index (χ1) is 10.4. The predicted octanol–water partition coefficient (Wildman–Crippen LogP) is -0.603. The Hall–Kier alpha value is -1.48. The van der Waals surface area contributed by atoms with Gasteiger partial charge in [-0.15, -0.1) is 0 Å². The first-order valence-electron chi connectivity index (χ1n) is 7.33. The van der Waals surface area contributed by atoms with E-state index < -0.39 is 10.2 Å². The van der Waals surface area contributed by atoms with Crippen molar-refractivity contribution in [3.8, 4) is 0 Å². The average Bonchev–Trinajstić information content (AvgIpc) is 2.91. The van der Waals surface area contributed by atoms with Crippen molar-refractivity contribution < 1.29 is 13.2 Å². The maximum absolute atomic E-state index is 12.5. The van der Waals surface area contributed by atoms with Gasteiger partial charge in [-0.2, -0.15) is 12.7 Å². The summed E-state index contributed by atoms with van der Waals surface area (Å²) in [4.78, 5) is 16.3. The zero-order valence-corrected chi connectivity index (χ0v) is 13.1. The van der Waals surface area contributed by atoms with E-state index in [1.54, 1.807) is 0 Å². The second-order valence-corrected chi connectivity index (χ2v) is 7.19. The van der Waals surface area contributed by atoms with Crippen molar-refractivity contribution in [3.05, 3.63) is 29.8 Å². The highest BCUT2D eigenvalue weighted by Gasteiger charge is 2.28. The molecule has 1 aromatic carbocycles. The SMILES string of the molecule is NS(=O)(=O)N1CCN(CC(=O)N2CCc3ccccc32)CC1. The lowest BCUT2D eigenvalue weighted by molar-refractivity contribution is -0.119. The number of fused-ring (bicyclic) bond motifs is 1. The van der Waals surface area contributed by atoms with Gasteiger partial charge in [-0.1, -0.05) is 18.2 Å². The Bertz CT molecular complexity index is 668. The van der Waals surface area contributed by atoms with Crippen LogP contribution in [0, 0.1) is 0 Å². The molecule has 0 bridgehead atoms. The lowest BCUT2D eigenvalue weighted by Crippen LogP contribution is -2.52. The van der Waals surface area contributed by atoms with Gasteiger partial charge in [0.2, 0.25) is 5.91 Å². The maximum Gasteiger partial charge on any atom is 0.276 e. The Morgan fingerprint density at radius 2 is 1.77 bits per heavy atom. The molecule has 7 nitrogen and oxygen atoms in total. The molecule has 0 unspecified atom stereocenters. The number of hydrogen-bond acceptors (Lipinski definition) is 4. The van der Waals surface area contributed by atoms with Crippen LogP contribution in [0.4, 0.5) is 5.69 Å². The molecular formula is C14H20N4O3S. The van der Waals surface area contributed by atoms with Crippen molar-refractivity contribution in [1.29, 1.82) is 0 Å². The van der Waals surface area contributed by atoms with E-state index >= 15 is 0 Å². The van der Waals surface area contributed by atoms with Crippen molar-refractivity contribution in [2.75, 3.05) is 44.2 Å². The van der Waals surface area contributed by atoms with E-state index in [1.807, 2.05) is 34.1 Å². The predicted molar refractivity (Wildman–Crippen MR) is 83.6 cm³/mol. The molecule has 0 aromatic heterocycles. The summed E-state index contributed by atoms with van der Waals surface area (Å²) in [6, 6.07) is 7.95. The number of benzene rings is 1. The minimum Gasteiger partial charge on any atom is -0.311 e. The maximum atomic E-state index is 12.5. The lowest BCUT2D eigenvalue weighted by atomic mass is 10.2. The van der Waals surface area contributed by atoms with E-state index in [1.165, 1.54) is 9.87 Å². The number of nitrogens with two attached hydrogens (primary N) is 1. The van der Waals surface area contributed by atoms with E-state index in [-0.39, 0.29) is 5.91 Å². The Balaban J connectivity index is 1.58. The largest absolute Gasteiger partial charge is 0.311 e. The quantitative estimate of drug-likeness (QED) is 0.804. The molecule has 2 aliphatic rings. The van der Waals surface area contributed by atoms with Crippen molar-refractivity contribution in [1.82, 2.24) is 9.21 Å². The molecule has 1 amide bonds. The fourth-order valence-corrected chi connectivity index (χ4v) is 3.69. The third-order valence-corrected chi connectivity index (χ3v) is 5.32. The highest BCUT2D eigenvalue weighted by atomic mass is 32.2. The number of para-hydroxylation sites is 1. The van der Waals surface area contributed by atoms with E-state index in [0.717, 1.165) is 18.7 Å². The van der Waals surface area contributed by atoms with Crippen LogP contribution in [0.3, 0.4) is 0 Å². The number of carbonyl (C=O) groups is 1. The summed E-state index contributed by atoms with van der Waals surface area (Å²) in [7, 11) is -3.62. The standard InChI is InChI=1S/C14H20N4O3S/c15-22(20,21)17-9-7-16(8-10-17)11-14(19)18-6-5-12-3-1-2-4-13(12)18/h1-4H,5-11H2,(H2,15,20,21). The molecule has 0 radical (unpaired) electrons. The summed E-state index contributed by atoms with van der Waals surface area (Å²) in [5, 5.41) is 5.11. The smallest absolute Gasteiger partial charge is 0.276 e. The van der Waals surface area contributed by atoms with Gasteiger partial charge in [-0.05, 0) is 18.1 Å². The third kappa shape index (κ3) is 3.14. The van der Waals surface area contributed by atoms with Crippen molar-refractivity contribution in [2.45, 2.75) is 6.42 Å². The normalized spacial score (nSPS) is 20.1. The molecule has 0 saturated carbocycles. The molecule has 0 spiro atoms. The molecule has 22 heavy (non-hydrogen) atoms. The van der Waals surface area contributed by atoms with E-state index in [0.29, 0.717) is 32.7 Å². The number of rotatable bonds is 3. The fraction of sp³-hybridized carbons (Fsp3) is 0.500. The zero-order valence-electron chi connectivity index (χ0n) is 12.3. The Labute approximate surface area is 130 Å². The lowest BCUT2D eigenvalue weighted by Gasteiger charge is -2.33. The second kappa shape index (κ2) is 5.96. The van der Waals surface area contributed by atoms with Gasteiger partial charge in [0.1, 0.15) is 0 Å². The number of nitrogens with zero attached hydrogens (tertiary/aromatic N) is 3. The van der Waals surface area contributed by atoms with Gasteiger partial charge in [-0.3, -0.25) is 9.69 Å². The molecule has 8 heteroatoms. The van der Waals surface area contributed by atoms with Gasteiger partial charge < -0.3 is 4.90 Å². The molecule has 2 heterocycles. The number of hydrogen-bond donors (Lipinski definition) is 1. The number of amides is 1. The summed E-state index contributed by atoms with van der Waals surface area (Å²) < 4.78 is 23.8.